The summed E-state index contributed by atoms with van der Waals surface area (Å²) in [6.45, 7) is 2.74. The summed E-state index contributed by atoms with van der Waals surface area (Å²) in [6.07, 6.45) is 3.85. The quantitative estimate of drug-likeness (QED) is 0.366. The number of carbonyl (C=O) groups is 1. The van der Waals surface area contributed by atoms with Crippen LogP contribution >= 0.6 is 11.6 Å². The van der Waals surface area contributed by atoms with Crippen LogP contribution in [0, 0.1) is 0 Å². The van der Waals surface area contributed by atoms with Gasteiger partial charge in [0.1, 0.15) is 12.4 Å². The van der Waals surface area contributed by atoms with Crippen molar-refractivity contribution < 1.29 is 22.7 Å². The number of halogens is 1. The number of hydrogen-bond acceptors (Lipinski definition) is 6. The second kappa shape index (κ2) is 12.6. The number of hydrogen-bond donors (Lipinski definition) is 1. The minimum atomic E-state index is -3.55. The summed E-state index contributed by atoms with van der Waals surface area (Å²) in [5, 5.41) is 3.58. The third-order valence-corrected chi connectivity index (χ3v) is 9.39. The Morgan fingerprint density at radius 1 is 1.02 bits per heavy atom. The van der Waals surface area contributed by atoms with Crippen molar-refractivity contribution in [3.63, 3.8) is 0 Å². The fourth-order valence-electron chi connectivity index (χ4n) is 5.00. The lowest BCUT2D eigenvalue weighted by Gasteiger charge is -2.31. The minimum Gasteiger partial charge on any atom is -0.489 e. The maximum absolute atomic E-state index is 13.2. The Balaban J connectivity index is 1.26. The van der Waals surface area contributed by atoms with E-state index in [4.69, 9.17) is 21.1 Å². The Morgan fingerprint density at radius 2 is 1.73 bits per heavy atom. The Morgan fingerprint density at radius 3 is 2.45 bits per heavy atom. The molecule has 2 aliphatic rings. The Labute approximate surface area is 240 Å². The largest absolute Gasteiger partial charge is 0.489 e. The number of rotatable bonds is 8. The first-order valence-corrected chi connectivity index (χ1v) is 15.4. The average molecular weight is 581 g/mol. The highest BCUT2D eigenvalue weighted by atomic mass is 35.5. The summed E-state index contributed by atoms with van der Waals surface area (Å²) in [4.78, 5) is 15.7. The van der Waals surface area contributed by atoms with E-state index in [1.165, 1.54) is 0 Å². The normalized spacial score (nSPS) is 17.0. The third kappa shape index (κ3) is 7.12. The van der Waals surface area contributed by atoms with Crippen LogP contribution in [0.25, 0.3) is 6.08 Å². The predicted molar refractivity (Wildman–Crippen MR) is 157 cm³/mol. The Kier molecular flexibility index (Phi) is 8.90. The predicted octanol–water partition coefficient (Wildman–Crippen LogP) is 5.73. The van der Waals surface area contributed by atoms with Gasteiger partial charge in [-0.3, -0.25) is 9.69 Å². The smallest absolute Gasteiger partial charge is 0.251 e. The fourth-order valence-corrected chi connectivity index (χ4v) is 6.59. The zero-order valence-electron chi connectivity index (χ0n) is 22.4. The SMILES string of the molecule is CN(Cc1ccc(NC(=O)C2=Cc3cc(OCc4ccc(Cl)cc4)ccc3S(=O)(=O)CC2)cc1)C1CCOCC1. The van der Waals surface area contributed by atoms with Crippen molar-refractivity contribution in [3.8, 4) is 5.75 Å². The van der Waals surface area contributed by atoms with Gasteiger partial charge >= 0.3 is 0 Å². The van der Waals surface area contributed by atoms with Crippen LogP contribution in [-0.4, -0.2) is 51.3 Å². The molecular weight excluding hydrogens is 548 g/mol. The van der Waals surface area contributed by atoms with Gasteiger partial charge in [0.05, 0.1) is 10.6 Å². The van der Waals surface area contributed by atoms with Crippen molar-refractivity contribution in [2.45, 2.75) is 43.4 Å². The molecule has 1 saturated heterocycles. The van der Waals surface area contributed by atoms with Gasteiger partial charge in [-0.05, 0) is 91.5 Å². The number of nitrogens with zero attached hydrogens (tertiary/aromatic N) is 1. The van der Waals surface area contributed by atoms with Crippen LogP contribution in [-0.2, 0) is 32.5 Å². The highest BCUT2D eigenvalue weighted by molar-refractivity contribution is 7.91. The highest BCUT2D eigenvalue weighted by Gasteiger charge is 2.25. The van der Waals surface area contributed by atoms with Crippen LogP contribution in [0.15, 0.2) is 77.2 Å². The lowest BCUT2D eigenvalue weighted by Crippen LogP contribution is -2.36. The summed E-state index contributed by atoms with van der Waals surface area (Å²) < 4.78 is 37.3. The molecular formula is C31H33ClN2O5S. The van der Waals surface area contributed by atoms with Gasteiger partial charge in [-0.2, -0.15) is 0 Å². The summed E-state index contributed by atoms with van der Waals surface area (Å²) >= 11 is 5.95. The maximum Gasteiger partial charge on any atom is 0.251 e. The fraction of sp³-hybridized carbons (Fsp3) is 0.323. The first-order valence-electron chi connectivity index (χ1n) is 13.4. The van der Waals surface area contributed by atoms with Crippen molar-refractivity contribution >= 4 is 39.1 Å². The van der Waals surface area contributed by atoms with Crippen molar-refractivity contribution in [1.82, 2.24) is 4.90 Å². The number of amides is 1. The molecule has 1 N–H and O–H groups in total. The summed E-state index contributed by atoms with van der Waals surface area (Å²) in [5.41, 5.74) is 3.61. The van der Waals surface area contributed by atoms with E-state index in [1.54, 1.807) is 36.4 Å². The molecule has 40 heavy (non-hydrogen) atoms. The first-order chi connectivity index (χ1) is 19.3. The van der Waals surface area contributed by atoms with Gasteiger partial charge in [-0.25, -0.2) is 8.42 Å². The third-order valence-electron chi connectivity index (χ3n) is 7.35. The topological polar surface area (TPSA) is 84.9 Å². The van der Waals surface area contributed by atoms with Gasteiger partial charge in [0.25, 0.3) is 5.91 Å². The number of fused-ring (bicyclic) bond motifs is 1. The van der Waals surface area contributed by atoms with E-state index >= 15 is 0 Å². The molecule has 0 aromatic heterocycles. The van der Waals surface area contributed by atoms with Crippen molar-refractivity contribution in [2.75, 3.05) is 31.3 Å². The summed E-state index contributed by atoms with van der Waals surface area (Å²) in [6, 6.07) is 20.5. The molecule has 0 spiro atoms. The molecule has 0 atom stereocenters. The van der Waals surface area contributed by atoms with Gasteiger partial charge in [0.2, 0.25) is 0 Å². The van der Waals surface area contributed by atoms with Crippen LogP contribution < -0.4 is 10.1 Å². The van der Waals surface area contributed by atoms with E-state index in [1.807, 2.05) is 36.4 Å². The highest BCUT2D eigenvalue weighted by Crippen LogP contribution is 2.30. The van der Waals surface area contributed by atoms with Crippen LogP contribution in [0.4, 0.5) is 5.69 Å². The van der Waals surface area contributed by atoms with Gasteiger partial charge in [0, 0.05) is 42.1 Å². The second-order valence-corrected chi connectivity index (χ2v) is 12.8. The molecule has 210 valence electrons. The number of sulfone groups is 1. The number of ether oxygens (including phenoxy) is 2. The van der Waals surface area contributed by atoms with Crippen molar-refractivity contribution in [3.05, 3.63) is 94.0 Å². The van der Waals surface area contributed by atoms with E-state index in [9.17, 15) is 13.2 Å². The van der Waals surface area contributed by atoms with Crippen LogP contribution in [0.1, 0.15) is 36.0 Å². The number of anilines is 1. The molecule has 0 radical (unpaired) electrons. The maximum atomic E-state index is 13.2. The zero-order chi connectivity index (χ0) is 28.1. The van der Waals surface area contributed by atoms with E-state index in [0.717, 1.165) is 43.7 Å². The van der Waals surface area contributed by atoms with E-state index in [2.05, 4.69) is 17.3 Å². The summed E-state index contributed by atoms with van der Waals surface area (Å²) in [5.74, 6) is 0.0626. The molecule has 2 aliphatic heterocycles. The molecule has 2 heterocycles. The van der Waals surface area contributed by atoms with E-state index in [0.29, 0.717) is 40.2 Å². The first kappa shape index (κ1) is 28.4. The Hall–Kier alpha value is -3.17. The van der Waals surface area contributed by atoms with Gasteiger partial charge in [-0.15, -0.1) is 0 Å². The molecule has 3 aromatic rings. The minimum absolute atomic E-state index is 0.123. The molecule has 5 rings (SSSR count). The molecule has 0 unspecified atom stereocenters. The molecule has 1 fully saturated rings. The van der Waals surface area contributed by atoms with Crippen LogP contribution in [0.5, 0.6) is 5.75 Å². The van der Waals surface area contributed by atoms with Gasteiger partial charge in [-0.1, -0.05) is 35.9 Å². The zero-order valence-corrected chi connectivity index (χ0v) is 24.0. The molecule has 0 saturated carbocycles. The number of carbonyl (C=O) groups excluding carboxylic acids is 1. The lowest BCUT2D eigenvalue weighted by atomic mass is 10.1. The van der Waals surface area contributed by atoms with Gasteiger partial charge in [0.15, 0.2) is 9.84 Å². The standard InChI is InChI=1S/C31H33ClN2O5S/c1-34(28-12-15-38-16-13-28)20-22-4-8-27(9-5-22)33-31(35)24-14-17-40(36,37)30-11-10-29(19-25(30)18-24)39-21-23-2-6-26(32)7-3-23/h2-11,18-19,28H,12-17,20-21H2,1H3,(H,33,35). The van der Waals surface area contributed by atoms with Crippen LogP contribution in [0.3, 0.4) is 0 Å². The van der Waals surface area contributed by atoms with Crippen LogP contribution in [0.2, 0.25) is 5.02 Å². The molecule has 1 amide bonds. The Bertz CT molecular complexity index is 1480. The molecule has 0 bridgehead atoms. The monoisotopic (exact) mass is 580 g/mol. The number of nitrogens with one attached hydrogen (secondary N) is 1. The van der Waals surface area contributed by atoms with Gasteiger partial charge < -0.3 is 14.8 Å². The molecule has 7 nitrogen and oxygen atoms in total. The summed E-state index contributed by atoms with van der Waals surface area (Å²) in [7, 11) is -1.42. The molecule has 9 heteroatoms. The average Bonchev–Trinajstić information content (AvgIpc) is 3.09. The molecule has 0 aliphatic carbocycles. The number of benzene rings is 3. The second-order valence-electron chi connectivity index (χ2n) is 10.3. The lowest BCUT2D eigenvalue weighted by molar-refractivity contribution is -0.112. The van der Waals surface area contributed by atoms with Crippen molar-refractivity contribution in [2.24, 2.45) is 0 Å². The van der Waals surface area contributed by atoms with E-state index < -0.39 is 9.84 Å². The van der Waals surface area contributed by atoms with Crippen molar-refractivity contribution in [1.29, 1.82) is 0 Å². The van der Waals surface area contributed by atoms with E-state index in [-0.39, 0.29) is 23.0 Å². The molecule has 3 aromatic carbocycles.